The Morgan fingerprint density at radius 1 is 1.88 bits per heavy atom. The van der Waals surface area contributed by atoms with Crippen molar-refractivity contribution >= 4 is 17.6 Å². The summed E-state index contributed by atoms with van der Waals surface area (Å²) < 4.78 is 0. The third-order valence-corrected chi connectivity index (χ3v) is 0.588. The summed E-state index contributed by atoms with van der Waals surface area (Å²) >= 11 is 5.26. The lowest BCUT2D eigenvalue weighted by Crippen LogP contribution is -2.29. The van der Waals surface area contributed by atoms with Gasteiger partial charge in [0.2, 0.25) is 0 Å². The second kappa shape index (κ2) is 3.32. The van der Waals surface area contributed by atoms with E-state index in [0.29, 0.717) is 5.03 Å². The highest BCUT2D eigenvalue weighted by atomic mass is 35.5. The van der Waals surface area contributed by atoms with E-state index in [4.69, 9.17) is 17.3 Å². The van der Waals surface area contributed by atoms with Crippen molar-refractivity contribution in [2.24, 2.45) is 5.73 Å². The lowest BCUT2D eigenvalue weighted by Gasteiger charge is -1.95. The third-order valence-electron chi connectivity index (χ3n) is 0.454. The summed E-state index contributed by atoms with van der Waals surface area (Å²) in [4.78, 5) is 9.92. The molecule has 0 saturated heterocycles. The Bertz CT molecular complexity index is 98.6. The summed E-state index contributed by atoms with van der Waals surface area (Å²) in [6.07, 6.45) is 0. The standard InChI is InChI=1S/C4H7ClN2O/c1-3(5)2-7-4(6)8/h1-2H2,(H3,6,7,8). The smallest absolute Gasteiger partial charge is 0.312 e. The van der Waals surface area contributed by atoms with Crippen LogP contribution in [-0.4, -0.2) is 12.6 Å². The Morgan fingerprint density at radius 3 is 2.50 bits per heavy atom. The number of nitrogens with two attached hydrogens (primary N) is 1. The fourth-order valence-corrected chi connectivity index (χ4v) is 0.250. The third kappa shape index (κ3) is 5.30. The zero-order chi connectivity index (χ0) is 6.57. The fraction of sp³-hybridized carbons (Fsp3) is 0.250. The number of carbonyl (C=O) groups is 1. The molecule has 0 aliphatic heterocycles. The molecular formula is C4H7ClN2O. The normalized spacial score (nSPS) is 8.12. The van der Waals surface area contributed by atoms with Crippen LogP contribution < -0.4 is 11.1 Å². The number of hydrogen-bond acceptors (Lipinski definition) is 1. The van der Waals surface area contributed by atoms with Crippen molar-refractivity contribution in [2.75, 3.05) is 6.54 Å². The largest absolute Gasteiger partial charge is 0.352 e. The monoisotopic (exact) mass is 134 g/mol. The average Bonchev–Trinajstić information content (AvgIpc) is 1.61. The average molecular weight is 135 g/mol. The van der Waals surface area contributed by atoms with Gasteiger partial charge in [-0.3, -0.25) is 0 Å². The van der Waals surface area contributed by atoms with Gasteiger partial charge < -0.3 is 11.1 Å². The van der Waals surface area contributed by atoms with Crippen molar-refractivity contribution in [3.05, 3.63) is 11.6 Å². The van der Waals surface area contributed by atoms with Gasteiger partial charge in [0.1, 0.15) is 0 Å². The molecule has 3 N–H and O–H groups in total. The molecule has 0 atom stereocenters. The van der Waals surface area contributed by atoms with Crippen molar-refractivity contribution < 1.29 is 4.79 Å². The Labute approximate surface area is 52.5 Å². The lowest BCUT2D eigenvalue weighted by molar-refractivity contribution is 0.250. The molecule has 0 bridgehead atoms. The number of urea groups is 1. The van der Waals surface area contributed by atoms with Gasteiger partial charge >= 0.3 is 6.03 Å². The van der Waals surface area contributed by atoms with Crippen molar-refractivity contribution in [3.63, 3.8) is 0 Å². The van der Waals surface area contributed by atoms with Crippen LogP contribution in [0.2, 0.25) is 0 Å². The first-order chi connectivity index (χ1) is 3.63. The Kier molecular flexibility index (Phi) is 3.03. The highest BCUT2D eigenvalue weighted by Gasteiger charge is 1.89. The van der Waals surface area contributed by atoms with Gasteiger partial charge in [-0.15, -0.1) is 0 Å². The molecule has 2 amide bonds. The van der Waals surface area contributed by atoms with Crippen LogP contribution in [0.1, 0.15) is 0 Å². The molecule has 0 heterocycles. The summed E-state index contributed by atoms with van der Waals surface area (Å²) in [5.41, 5.74) is 4.69. The van der Waals surface area contributed by atoms with Gasteiger partial charge in [-0.2, -0.15) is 0 Å². The first kappa shape index (κ1) is 7.30. The molecule has 3 nitrogen and oxygen atoms in total. The van der Waals surface area contributed by atoms with E-state index in [0.717, 1.165) is 0 Å². The van der Waals surface area contributed by atoms with E-state index in [9.17, 15) is 4.79 Å². The first-order valence-corrected chi connectivity index (χ1v) is 2.37. The predicted octanol–water partition coefficient (Wildman–Crippen LogP) is 0.407. The highest BCUT2D eigenvalue weighted by molar-refractivity contribution is 6.29. The molecular weight excluding hydrogens is 128 g/mol. The van der Waals surface area contributed by atoms with Crippen LogP contribution in [0.25, 0.3) is 0 Å². The molecule has 0 aromatic rings. The zero-order valence-corrected chi connectivity index (χ0v) is 5.03. The summed E-state index contributed by atoms with van der Waals surface area (Å²) in [5.74, 6) is 0. The molecule has 0 aliphatic rings. The molecule has 0 aliphatic carbocycles. The van der Waals surface area contributed by atoms with Crippen molar-refractivity contribution in [3.8, 4) is 0 Å². The van der Waals surface area contributed by atoms with Gasteiger partial charge in [-0.25, -0.2) is 4.79 Å². The van der Waals surface area contributed by atoms with Gasteiger partial charge in [-0.05, 0) is 0 Å². The van der Waals surface area contributed by atoms with Gasteiger partial charge in [0.25, 0.3) is 0 Å². The molecule has 46 valence electrons. The van der Waals surface area contributed by atoms with Crippen LogP contribution >= 0.6 is 11.6 Å². The topological polar surface area (TPSA) is 55.1 Å². The van der Waals surface area contributed by atoms with Gasteiger partial charge in [0.15, 0.2) is 0 Å². The van der Waals surface area contributed by atoms with E-state index in [-0.39, 0.29) is 6.54 Å². The molecule has 0 aromatic carbocycles. The highest BCUT2D eigenvalue weighted by Crippen LogP contribution is 1.90. The molecule has 0 spiro atoms. The molecule has 0 unspecified atom stereocenters. The second-order valence-corrected chi connectivity index (χ2v) is 1.77. The van der Waals surface area contributed by atoms with E-state index < -0.39 is 6.03 Å². The molecule has 0 radical (unpaired) electrons. The lowest BCUT2D eigenvalue weighted by atomic mass is 10.6. The van der Waals surface area contributed by atoms with Crippen LogP contribution in [0.3, 0.4) is 0 Å². The summed E-state index contributed by atoms with van der Waals surface area (Å²) in [7, 11) is 0. The SMILES string of the molecule is C=C(Cl)CNC(N)=O. The van der Waals surface area contributed by atoms with Gasteiger partial charge in [0, 0.05) is 5.03 Å². The predicted molar refractivity (Wildman–Crippen MR) is 32.6 cm³/mol. The zero-order valence-electron chi connectivity index (χ0n) is 4.28. The molecule has 4 heteroatoms. The van der Waals surface area contributed by atoms with E-state index in [1.165, 1.54) is 0 Å². The molecule has 8 heavy (non-hydrogen) atoms. The van der Waals surface area contributed by atoms with Gasteiger partial charge in [0.05, 0.1) is 6.54 Å². The number of hydrogen-bond donors (Lipinski definition) is 2. The van der Waals surface area contributed by atoms with E-state index >= 15 is 0 Å². The van der Waals surface area contributed by atoms with E-state index in [2.05, 4.69) is 11.9 Å². The number of nitrogens with one attached hydrogen (secondary N) is 1. The van der Waals surface area contributed by atoms with Crippen LogP contribution in [0, 0.1) is 0 Å². The van der Waals surface area contributed by atoms with E-state index in [1.807, 2.05) is 0 Å². The number of rotatable bonds is 2. The maximum absolute atomic E-state index is 9.92. The van der Waals surface area contributed by atoms with E-state index in [1.54, 1.807) is 0 Å². The number of primary amides is 1. The van der Waals surface area contributed by atoms with Crippen LogP contribution in [0.4, 0.5) is 4.79 Å². The Morgan fingerprint density at radius 2 is 2.38 bits per heavy atom. The molecule has 0 fully saturated rings. The van der Waals surface area contributed by atoms with Crippen LogP contribution in [0.5, 0.6) is 0 Å². The van der Waals surface area contributed by atoms with Crippen LogP contribution in [0.15, 0.2) is 11.6 Å². The summed E-state index contributed by atoms with van der Waals surface area (Å²) in [5, 5.41) is 2.62. The maximum atomic E-state index is 9.92. The van der Waals surface area contributed by atoms with Crippen molar-refractivity contribution in [1.82, 2.24) is 5.32 Å². The van der Waals surface area contributed by atoms with Crippen LogP contribution in [-0.2, 0) is 0 Å². The fourth-order valence-electron chi connectivity index (χ4n) is 0.183. The van der Waals surface area contributed by atoms with Crippen molar-refractivity contribution in [1.29, 1.82) is 0 Å². The Hall–Kier alpha value is -0.700. The molecule has 0 rings (SSSR count). The maximum Gasteiger partial charge on any atom is 0.312 e. The number of halogens is 1. The Balaban J connectivity index is 3.18. The molecule has 0 saturated carbocycles. The second-order valence-electron chi connectivity index (χ2n) is 1.24. The summed E-state index contributed by atoms with van der Waals surface area (Å²) in [6, 6.07) is -0.591. The minimum absolute atomic E-state index is 0.233. The first-order valence-electron chi connectivity index (χ1n) is 1.99. The number of amides is 2. The minimum atomic E-state index is -0.591. The molecule has 0 aromatic heterocycles. The van der Waals surface area contributed by atoms with Crippen molar-refractivity contribution in [2.45, 2.75) is 0 Å². The van der Waals surface area contributed by atoms with Gasteiger partial charge in [-0.1, -0.05) is 18.2 Å². The summed E-state index contributed by atoms with van der Waals surface area (Å²) in [6.45, 7) is 3.56. The quantitative estimate of drug-likeness (QED) is 0.565. The number of carbonyl (C=O) groups excluding carboxylic acids is 1. The minimum Gasteiger partial charge on any atom is -0.352 e.